The van der Waals surface area contributed by atoms with Crippen LogP contribution in [0.1, 0.15) is 5.56 Å². The van der Waals surface area contributed by atoms with Crippen molar-refractivity contribution in [1.82, 2.24) is 0 Å². The van der Waals surface area contributed by atoms with Gasteiger partial charge < -0.3 is 15.2 Å². The summed E-state index contributed by atoms with van der Waals surface area (Å²) in [7, 11) is 0. The molecule has 0 unspecified atom stereocenters. The van der Waals surface area contributed by atoms with E-state index in [4.69, 9.17) is 10.00 Å². The van der Waals surface area contributed by atoms with Crippen molar-refractivity contribution < 1.29 is 14.6 Å². The summed E-state index contributed by atoms with van der Waals surface area (Å²) in [6, 6.07) is 13.3. The molecule has 0 atom stereocenters. The maximum atomic E-state index is 12.3. The second-order valence-electron chi connectivity index (χ2n) is 4.93. The number of ether oxygens (including phenoxy) is 1. The minimum atomic E-state index is -0.548. The van der Waals surface area contributed by atoms with Gasteiger partial charge in [-0.05, 0) is 93.2 Å². The lowest BCUT2D eigenvalue weighted by Crippen LogP contribution is -2.13. The first-order chi connectivity index (χ1) is 12.4. The molecule has 0 aliphatic carbocycles. The van der Waals surface area contributed by atoms with Crippen LogP contribution in [-0.4, -0.2) is 17.6 Å². The Hall–Kier alpha value is -2.31. The number of hydrogen-bond acceptors (Lipinski definition) is 5. The minimum absolute atomic E-state index is 0.0559. The molecular formula is C18H11I2N3O3. The molecule has 0 aromatic heterocycles. The summed E-state index contributed by atoms with van der Waals surface area (Å²) in [5.41, 5.74) is 1.08. The normalized spacial score (nSPS) is 10.5. The topological polar surface area (TPSA) is 106 Å². The Bertz CT molecular complexity index is 919. The van der Waals surface area contributed by atoms with E-state index in [1.807, 2.05) is 12.1 Å². The Morgan fingerprint density at radius 1 is 1.19 bits per heavy atom. The molecule has 130 valence electrons. The zero-order valence-corrected chi connectivity index (χ0v) is 17.5. The summed E-state index contributed by atoms with van der Waals surface area (Å²) < 4.78 is 6.92. The quantitative estimate of drug-likeness (QED) is 0.244. The molecule has 6 nitrogen and oxygen atoms in total. The summed E-state index contributed by atoms with van der Waals surface area (Å²) >= 11 is 4.15. The van der Waals surface area contributed by atoms with Crippen LogP contribution in [0, 0.1) is 29.8 Å². The van der Waals surface area contributed by atoms with Crippen molar-refractivity contribution in [2.24, 2.45) is 0 Å². The molecule has 0 heterocycles. The maximum Gasteiger partial charge on any atom is 0.266 e. The van der Waals surface area contributed by atoms with Gasteiger partial charge in [0.15, 0.2) is 6.61 Å². The lowest BCUT2D eigenvalue weighted by molar-refractivity contribution is -0.112. The fourth-order valence-electron chi connectivity index (χ4n) is 1.96. The Morgan fingerprint density at radius 2 is 1.81 bits per heavy atom. The van der Waals surface area contributed by atoms with Gasteiger partial charge in [0.05, 0.1) is 7.14 Å². The van der Waals surface area contributed by atoms with Crippen molar-refractivity contribution in [1.29, 1.82) is 10.5 Å². The smallest absolute Gasteiger partial charge is 0.266 e. The molecule has 2 aromatic carbocycles. The summed E-state index contributed by atoms with van der Waals surface area (Å²) in [6.45, 7) is -0.0559. The lowest BCUT2D eigenvalue weighted by Gasteiger charge is -2.09. The zero-order valence-electron chi connectivity index (χ0n) is 13.2. The Kier molecular flexibility index (Phi) is 7.24. The van der Waals surface area contributed by atoms with Crippen LogP contribution in [0.4, 0.5) is 5.69 Å². The van der Waals surface area contributed by atoms with E-state index in [9.17, 15) is 15.2 Å². The zero-order chi connectivity index (χ0) is 19.1. The van der Waals surface area contributed by atoms with Crippen LogP contribution in [0.25, 0.3) is 6.08 Å². The van der Waals surface area contributed by atoms with Gasteiger partial charge in [0.1, 0.15) is 29.2 Å². The van der Waals surface area contributed by atoms with Crippen LogP contribution in [0.5, 0.6) is 11.5 Å². The third-order valence-electron chi connectivity index (χ3n) is 3.10. The number of carbonyl (C=O) groups excluding carboxylic acids is 1. The standard InChI is InChI=1S/C18H11I2N3O3/c19-15-8-11(9-16(20)17(15)26-6-5-21)7-12(10-22)18(25)23-13-1-3-14(24)4-2-13/h1-4,7-9,24H,6H2,(H,23,25)/b12-7+. The first-order valence-electron chi connectivity index (χ1n) is 7.15. The number of hydrogen-bond donors (Lipinski definition) is 2. The van der Waals surface area contributed by atoms with Crippen LogP contribution < -0.4 is 10.1 Å². The average molecular weight is 571 g/mol. The first kappa shape index (κ1) is 20.0. The van der Waals surface area contributed by atoms with Crippen molar-refractivity contribution in [3.8, 4) is 23.6 Å². The van der Waals surface area contributed by atoms with Crippen molar-refractivity contribution >= 4 is 62.9 Å². The predicted molar refractivity (Wildman–Crippen MR) is 113 cm³/mol. The van der Waals surface area contributed by atoms with Gasteiger partial charge in [0, 0.05) is 5.69 Å². The van der Waals surface area contributed by atoms with Gasteiger partial charge >= 0.3 is 0 Å². The van der Waals surface area contributed by atoms with Crippen LogP contribution in [0.3, 0.4) is 0 Å². The summed E-state index contributed by atoms with van der Waals surface area (Å²) in [5, 5.41) is 29.8. The van der Waals surface area contributed by atoms with Crippen molar-refractivity contribution in [3.05, 3.63) is 54.7 Å². The molecule has 0 saturated carbocycles. The van der Waals surface area contributed by atoms with E-state index in [-0.39, 0.29) is 17.9 Å². The number of anilines is 1. The van der Waals surface area contributed by atoms with Gasteiger partial charge in [0.2, 0.25) is 0 Å². The highest BCUT2D eigenvalue weighted by Gasteiger charge is 2.12. The summed E-state index contributed by atoms with van der Waals surface area (Å²) in [6.07, 6.45) is 1.48. The number of aromatic hydroxyl groups is 1. The number of phenolic OH excluding ortho intramolecular Hbond substituents is 1. The molecular weight excluding hydrogens is 560 g/mol. The number of rotatable bonds is 5. The first-order valence-corrected chi connectivity index (χ1v) is 9.31. The molecule has 0 spiro atoms. The largest absolute Gasteiger partial charge is 0.508 e. The number of amides is 1. The highest BCUT2D eigenvalue weighted by atomic mass is 127. The molecule has 0 aliphatic heterocycles. The third kappa shape index (κ3) is 5.34. The Morgan fingerprint density at radius 3 is 2.35 bits per heavy atom. The number of benzene rings is 2. The monoisotopic (exact) mass is 571 g/mol. The highest BCUT2D eigenvalue weighted by molar-refractivity contribution is 14.1. The molecule has 0 saturated heterocycles. The van der Waals surface area contributed by atoms with Crippen molar-refractivity contribution in [3.63, 3.8) is 0 Å². The molecule has 8 heteroatoms. The SMILES string of the molecule is N#CCOc1c(I)cc(/C=C(\C#N)C(=O)Nc2ccc(O)cc2)cc1I. The molecule has 0 bridgehead atoms. The van der Waals surface area contributed by atoms with E-state index in [0.717, 1.165) is 7.14 Å². The van der Waals surface area contributed by atoms with E-state index in [1.54, 1.807) is 12.1 Å². The molecule has 26 heavy (non-hydrogen) atoms. The molecule has 1 amide bonds. The maximum absolute atomic E-state index is 12.3. The van der Waals surface area contributed by atoms with Gasteiger partial charge in [-0.2, -0.15) is 10.5 Å². The number of halogens is 2. The second kappa shape index (κ2) is 9.40. The number of nitrogens with zero attached hydrogens (tertiary/aromatic N) is 2. The second-order valence-corrected chi connectivity index (χ2v) is 7.26. The Labute approximate surface area is 177 Å². The number of nitriles is 2. The summed E-state index contributed by atoms with van der Waals surface area (Å²) in [5.74, 6) is 0.131. The Balaban J connectivity index is 2.25. The lowest BCUT2D eigenvalue weighted by atomic mass is 10.1. The number of phenols is 1. The van der Waals surface area contributed by atoms with E-state index >= 15 is 0 Å². The van der Waals surface area contributed by atoms with Crippen molar-refractivity contribution in [2.75, 3.05) is 11.9 Å². The van der Waals surface area contributed by atoms with Crippen molar-refractivity contribution in [2.45, 2.75) is 0 Å². The van der Waals surface area contributed by atoms with Crippen LogP contribution in [0.15, 0.2) is 42.0 Å². The van der Waals surface area contributed by atoms with E-state index in [1.165, 1.54) is 30.3 Å². The number of nitrogens with one attached hydrogen (secondary N) is 1. The minimum Gasteiger partial charge on any atom is -0.508 e. The van der Waals surface area contributed by atoms with E-state index < -0.39 is 5.91 Å². The van der Waals surface area contributed by atoms with Gasteiger partial charge in [-0.15, -0.1) is 0 Å². The predicted octanol–water partition coefficient (Wildman–Crippen LogP) is 4.05. The summed E-state index contributed by atoms with van der Waals surface area (Å²) in [4.78, 5) is 12.3. The molecule has 0 fully saturated rings. The van der Waals surface area contributed by atoms with Crippen LogP contribution in [-0.2, 0) is 4.79 Å². The average Bonchev–Trinajstić information content (AvgIpc) is 2.61. The highest BCUT2D eigenvalue weighted by Crippen LogP contribution is 2.30. The third-order valence-corrected chi connectivity index (χ3v) is 4.71. The number of carbonyl (C=O) groups is 1. The fraction of sp³-hybridized carbons (Fsp3) is 0.0556. The molecule has 0 radical (unpaired) electrons. The van der Waals surface area contributed by atoms with E-state index in [2.05, 4.69) is 50.5 Å². The van der Waals surface area contributed by atoms with Gasteiger partial charge in [-0.25, -0.2) is 0 Å². The molecule has 2 aromatic rings. The van der Waals surface area contributed by atoms with E-state index in [0.29, 0.717) is 17.0 Å². The molecule has 2 rings (SSSR count). The molecule has 0 aliphatic rings. The fourth-order valence-corrected chi connectivity index (χ4v) is 4.09. The molecule has 2 N–H and O–H groups in total. The van der Waals surface area contributed by atoms with Crippen LogP contribution in [0.2, 0.25) is 0 Å². The van der Waals surface area contributed by atoms with Gasteiger partial charge in [0.25, 0.3) is 5.91 Å². The van der Waals surface area contributed by atoms with Crippen LogP contribution >= 0.6 is 45.2 Å². The van der Waals surface area contributed by atoms with Gasteiger partial charge in [-0.1, -0.05) is 0 Å². The van der Waals surface area contributed by atoms with Gasteiger partial charge in [-0.3, -0.25) is 4.79 Å².